The number of hydrogen-bond acceptors (Lipinski definition) is 4. The molecule has 0 saturated carbocycles. The number of aryl methyl sites for hydroxylation is 2. The summed E-state index contributed by atoms with van der Waals surface area (Å²) in [6, 6.07) is 18.5. The fourth-order valence-electron chi connectivity index (χ4n) is 2.79. The largest absolute Gasteiger partial charge is 0.340 e. The fraction of sp³-hybridized carbons (Fsp3) is 0.238. The van der Waals surface area contributed by atoms with Crippen LogP contribution in [0, 0.1) is 13.8 Å². The fourth-order valence-corrected chi connectivity index (χ4v) is 2.79. The molecule has 2 aromatic carbocycles. The molecule has 0 spiro atoms. The molecular formula is C21H24N4. The highest BCUT2D eigenvalue weighted by Crippen LogP contribution is 2.26. The topological polar surface area (TPSA) is 49.8 Å². The molecule has 25 heavy (non-hydrogen) atoms. The van der Waals surface area contributed by atoms with Gasteiger partial charge in [0.25, 0.3) is 0 Å². The second-order valence-electron chi connectivity index (χ2n) is 6.58. The van der Waals surface area contributed by atoms with Gasteiger partial charge in [-0.25, -0.2) is 4.98 Å². The first-order valence-electron chi connectivity index (χ1n) is 8.56. The normalized spacial score (nSPS) is 10.8. The summed E-state index contributed by atoms with van der Waals surface area (Å²) in [5, 5.41) is 6.73. The summed E-state index contributed by atoms with van der Waals surface area (Å²) >= 11 is 0. The molecule has 0 bridgehead atoms. The van der Waals surface area contributed by atoms with Crippen molar-refractivity contribution in [2.45, 2.75) is 33.6 Å². The smallest absolute Gasteiger partial charge is 0.229 e. The Bertz CT molecular complexity index is 871. The van der Waals surface area contributed by atoms with Crippen molar-refractivity contribution >= 4 is 23.1 Å². The molecule has 1 aromatic heterocycles. The van der Waals surface area contributed by atoms with E-state index < -0.39 is 0 Å². The van der Waals surface area contributed by atoms with Gasteiger partial charge in [0.15, 0.2) is 0 Å². The summed E-state index contributed by atoms with van der Waals surface area (Å²) < 4.78 is 0. The van der Waals surface area contributed by atoms with Crippen LogP contribution in [-0.4, -0.2) is 9.97 Å². The quantitative estimate of drug-likeness (QED) is 0.629. The van der Waals surface area contributed by atoms with E-state index >= 15 is 0 Å². The highest BCUT2D eigenvalue weighted by atomic mass is 15.1. The van der Waals surface area contributed by atoms with E-state index in [2.05, 4.69) is 71.7 Å². The third-order valence-corrected chi connectivity index (χ3v) is 3.97. The van der Waals surface area contributed by atoms with Crippen LogP contribution in [0.5, 0.6) is 0 Å². The van der Waals surface area contributed by atoms with Crippen molar-refractivity contribution in [1.82, 2.24) is 9.97 Å². The molecule has 1 heterocycles. The molecule has 0 fully saturated rings. The van der Waals surface area contributed by atoms with Gasteiger partial charge in [0.05, 0.1) is 0 Å². The molecule has 3 rings (SSSR count). The Balaban J connectivity index is 1.87. The summed E-state index contributed by atoms with van der Waals surface area (Å²) in [4.78, 5) is 9.15. The maximum atomic E-state index is 4.62. The summed E-state index contributed by atoms with van der Waals surface area (Å²) in [6.45, 7) is 8.42. The average Bonchev–Trinajstić information content (AvgIpc) is 2.54. The van der Waals surface area contributed by atoms with Crippen LogP contribution < -0.4 is 10.6 Å². The maximum absolute atomic E-state index is 4.62. The Morgan fingerprint density at radius 2 is 1.64 bits per heavy atom. The van der Waals surface area contributed by atoms with Gasteiger partial charge in [0.1, 0.15) is 5.82 Å². The number of anilines is 4. The molecule has 128 valence electrons. The van der Waals surface area contributed by atoms with Gasteiger partial charge < -0.3 is 10.6 Å². The molecule has 3 aromatic rings. The Labute approximate surface area is 149 Å². The van der Waals surface area contributed by atoms with Gasteiger partial charge in [-0.3, -0.25) is 0 Å². The Morgan fingerprint density at radius 1 is 0.840 bits per heavy atom. The number of hydrogen-bond donors (Lipinski definition) is 2. The lowest BCUT2D eigenvalue weighted by atomic mass is 10.0. The molecule has 0 aliphatic heterocycles. The summed E-state index contributed by atoms with van der Waals surface area (Å²) in [6.07, 6.45) is 0. The minimum absolute atomic E-state index is 0.429. The first-order chi connectivity index (χ1) is 12.0. The van der Waals surface area contributed by atoms with Crippen LogP contribution in [0.2, 0.25) is 0 Å². The van der Waals surface area contributed by atoms with Crippen LogP contribution in [0.15, 0.2) is 54.6 Å². The number of benzene rings is 2. The van der Waals surface area contributed by atoms with E-state index in [1.807, 2.05) is 31.2 Å². The molecule has 0 unspecified atom stereocenters. The first kappa shape index (κ1) is 17.0. The zero-order valence-electron chi connectivity index (χ0n) is 15.2. The van der Waals surface area contributed by atoms with E-state index in [0.29, 0.717) is 11.9 Å². The van der Waals surface area contributed by atoms with E-state index in [4.69, 9.17) is 0 Å². The van der Waals surface area contributed by atoms with Crippen LogP contribution in [-0.2, 0) is 0 Å². The van der Waals surface area contributed by atoms with Crippen molar-refractivity contribution in [2.24, 2.45) is 0 Å². The second kappa shape index (κ2) is 7.34. The lowest BCUT2D eigenvalue weighted by Crippen LogP contribution is -2.04. The van der Waals surface area contributed by atoms with Gasteiger partial charge in [0, 0.05) is 23.1 Å². The zero-order valence-corrected chi connectivity index (χ0v) is 15.2. The maximum Gasteiger partial charge on any atom is 0.229 e. The first-order valence-corrected chi connectivity index (χ1v) is 8.56. The van der Waals surface area contributed by atoms with Crippen molar-refractivity contribution < 1.29 is 0 Å². The predicted octanol–water partition coefficient (Wildman–Crippen LogP) is 5.70. The molecule has 4 nitrogen and oxygen atoms in total. The summed E-state index contributed by atoms with van der Waals surface area (Å²) in [5.41, 5.74) is 5.44. The van der Waals surface area contributed by atoms with Crippen molar-refractivity contribution in [3.8, 4) is 0 Å². The van der Waals surface area contributed by atoms with E-state index in [-0.39, 0.29) is 0 Å². The number of para-hydroxylation sites is 1. The molecule has 0 atom stereocenters. The number of aromatic nitrogens is 2. The van der Waals surface area contributed by atoms with Crippen molar-refractivity contribution in [2.75, 3.05) is 10.6 Å². The standard InChI is InChI=1S/C21H24N4/c1-14(2)18-10-5-6-11-19(18)24-21-22-16(4)13-20(25-21)23-17-9-7-8-15(3)12-17/h5-14H,1-4H3,(H2,22,23,24,25). The minimum Gasteiger partial charge on any atom is -0.340 e. The third-order valence-electron chi connectivity index (χ3n) is 3.97. The lowest BCUT2D eigenvalue weighted by molar-refractivity contribution is 0.868. The molecule has 0 aliphatic rings. The second-order valence-corrected chi connectivity index (χ2v) is 6.58. The van der Waals surface area contributed by atoms with Crippen molar-refractivity contribution in [1.29, 1.82) is 0 Å². The van der Waals surface area contributed by atoms with E-state index in [1.54, 1.807) is 0 Å². The Kier molecular flexibility index (Phi) is 4.98. The number of rotatable bonds is 5. The lowest BCUT2D eigenvalue weighted by Gasteiger charge is -2.15. The third kappa shape index (κ3) is 4.35. The highest BCUT2D eigenvalue weighted by molar-refractivity contribution is 5.63. The SMILES string of the molecule is Cc1cccc(Nc2cc(C)nc(Nc3ccccc3C(C)C)n2)c1. The summed E-state index contributed by atoms with van der Waals surface area (Å²) in [7, 11) is 0. The molecule has 0 saturated heterocycles. The monoisotopic (exact) mass is 332 g/mol. The van der Waals surface area contributed by atoms with Crippen LogP contribution in [0.1, 0.15) is 36.6 Å². The van der Waals surface area contributed by atoms with Gasteiger partial charge in [-0.05, 0) is 49.1 Å². The van der Waals surface area contributed by atoms with Gasteiger partial charge in [-0.2, -0.15) is 4.98 Å². The van der Waals surface area contributed by atoms with Gasteiger partial charge in [-0.15, -0.1) is 0 Å². The number of nitrogens with one attached hydrogen (secondary N) is 2. The van der Waals surface area contributed by atoms with Crippen LogP contribution in [0.3, 0.4) is 0 Å². The van der Waals surface area contributed by atoms with Crippen LogP contribution in [0.25, 0.3) is 0 Å². The zero-order chi connectivity index (χ0) is 17.8. The van der Waals surface area contributed by atoms with Gasteiger partial charge >= 0.3 is 0 Å². The van der Waals surface area contributed by atoms with E-state index in [9.17, 15) is 0 Å². The Hall–Kier alpha value is -2.88. The van der Waals surface area contributed by atoms with Crippen molar-refractivity contribution in [3.05, 3.63) is 71.4 Å². The number of nitrogens with zero attached hydrogens (tertiary/aromatic N) is 2. The van der Waals surface area contributed by atoms with E-state index in [0.717, 1.165) is 22.9 Å². The molecule has 0 radical (unpaired) electrons. The molecule has 4 heteroatoms. The van der Waals surface area contributed by atoms with Crippen LogP contribution in [0.4, 0.5) is 23.1 Å². The molecule has 0 aliphatic carbocycles. The van der Waals surface area contributed by atoms with Crippen molar-refractivity contribution in [3.63, 3.8) is 0 Å². The molecular weight excluding hydrogens is 308 g/mol. The predicted molar refractivity (Wildman–Crippen MR) is 105 cm³/mol. The van der Waals surface area contributed by atoms with Crippen LogP contribution >= 0.6 is 0 Å². The van der Waals surface area contributed by atoms with Gasteiger partial charge in [0.2, 0.25) is 5.95 Å². The Morgan fingerprint density at radius 3 is 2.40 bits per heavy atom. The van der Waals surface area contributed by atoms with E-state index in [1.165, 1.54) is 11.1 Å². The molecule has 2 N–H and O–H groups in total. The summed E-state index contributed by atoms with van der Waals surface area (Å²) in [5.74, 6) is 1.81. The average molecular weight is 332 g/mol. The minimum atomic E-state index is 0.429. The highest BCUT2D eigenvalue weighted by Gasteiger charge is 2.09. The van der Waals surface area contributed by atoms with Gasteiger partial charge in [-0.1, -0.05) is 44.2 Å². The molecule has 0 amide bonds.